The van der Waals surface area contributed by atoms with Crippen LogP contribution in [-0.2, 0) is 18.8 Å². The minimum atomic E-state index is -0.624. The Kier molecular flexibility index (Phi) is 9.69. The standard InChI is InChI=1S/C34H44BN3O8/c1-32(2,3)44-31(41)37-20-17-24(18-21-37)35-45-33(4,5)34(6,46-35)19-10-22-42-30(40)28-23-29(39)38(36-28)25-13-15-27(16-14-25)43-26-11-8-7-9-12-26/h7-9,11-16,23-24,39H,10,17-22H2,1-6H3. The monoisotopic (exact) mass is 633 g/mol. The molecule has 46 heavy (non-hydrogen) atoms. The highest BCUT2D eigenvalue weighted by Gasteiger charge is 2.56. The van der Waals surface area contributed by atoms with Crippen molar-refractivity contribution >= 4 is 19.2 Å². The molecule has 0 radical (unpaired) electrons. The number of piperidine rings is 1. The topological polar surface area (TPSA) is 122 Å². The Morgan fingerprint density at radius 2 is 1.65 bits per heavy atom. The van der Waals surface area contributed by atoms with Crippen molar-refractivity contribution in [2.75, 3.05) is 19.7 Å². The molecule has 2 fully saturated rings. The third-order valence-corrected chi connectivity index (χ3v) is 8.63. The van der Waals surface area contributed by atoms with Crippen LogP contribution in [0.1, 0.15) is 77.7 Å². The van der Waals surface area contributed by atoms with E-state index in [1.54, 1.807) is 29.2 Å². The normalized spacial score (nSPS) is 20.0. The number of likely N-dealkylation sites (tertiary alicyclic amines) is 1. The van der Waals surface area contributed by atoms with Gasteiger partial charge in [-0.15, -0.1) is 0 Å². The molecule has 5 rings (SSSR count). The van der Waals surface area contributed by atoms with Gasteiger partial charge in [-0.05, 0) is 109 Å². The summed E-state index contributed by atoms with van der Waals surface area (Å²) in [7, 11) is -0.380. The van der Waals surface area contributed by atoms with E-state index in [9.17, 15) is 14.7 Å². The first kappa shape index (κ1) is 33.3. The van der Waals surface area contributed by atoms with Crippen LogP contribution in [0.15, 0.2) is 60.7 Å². The van der Waals surface area contributed by atoms with Gasteiger partial charge in [0.15, 0.2) is 5.69 Å². The average molecular weight is 634 g/mol. The predicted molar refractivity (Wildman–Crippen MR) is 172 cm³/mol. The fraction of sp³-hybridized carbons (Fsp3) is 0.500. The van der Waals surface area contributed by atoms with Crippen molar-refractivity contribution in [2.45, 2.75) is 89.8 Å². The number of amides is 1. The second kappa shape index (κ2) is 13.4. The molecule has 1 unspecified atom stereocenters. The molecule has 3 heterocycles. The Balaban J connectivity index is 1.09. The molecule has 2 aliphatic heterocycles. The summed E-state index contributed by atoms with van der Waals surface area (Å²) in [5, 5.41) is 14.7. The van der Waals surface area contributed by atoms with E-state index in [0.29, 0.717) is 43.1 Å². The van der Waals surface area contributed by atoms with Crippen LogP contribution < -0.4 is 4.74 Å². The number of carbonyl (C=O) groups is 2. The van der Waals surface area contributed by atoms with E-state index in [2.05, 4.69) is 5.10 Å². The molecule has 0 aliphatic carbocycles. The van der Waals surface area contributed by atoms with Crippen LogP contribution >= 0.6 is 0 Å². The zero-order chi connectivity index (χ0) is 33.1. The highest BCUT2D eigenvalue weighted by Crippen LogP contribution is 2.45. The lowest BCUT2D eigenvalue weighted by atomic mass is 9.67. The van der Waals surface area contributed by atoms with E-state index in [0.717, 1.165) is 12.8 Å². The number of hydrogen-bond acceptors (Lipinski definition) is 9. The molecule has 1 N–H and O–H groups in total. The number of aromatic hydroxyl groups is 1. The second-order valence-electron chi connectivity index (χ2n) is 13.6. The van der Waals surface area contributed by atoms with Gasteiger partial charge in [-0.2, -0.15) is 5.10 Å². The van der Waals surface area contributed by atoms with Crippen LogP contribution in [0.25, 0.3) is 5.69 Å². The van der Waals surface area contributed by atoms with Crippen LogP contribution in [0.4, 0.5) is 4.79 Å². The molecular weight excluding hydrogens is 589 g/mol. The number of ether oxygens (including phenoxy) is 3. The molecule has 0 saturated carbocycles. The van der Waals surface area contributed by atoms with Crippen molar-refractivity contribution in [3.05, 3.63) is 66.4 Å². The molecular formula is C34H44BN3O8. The smallest absolute Gasteiger partial charge is 0.461 e. The number of rotatable bonds is 9. The summed E-state index contributed by atoms with van der Waals surface area (Å²) >= 11 is 0. The lowest BCUT2D eigenvalue weighted by Crippen LogP contribution is -2.45. The number of hydrogen-bond donors (Lipinski definition) is 1. The van der Waals surface area contributed by atoms with Crippen LogP contribution in [-0.4, -0.2) is 75.5 Å². The second-order valence-corrected chi connectivity index (χ2v) is 13.6. The van der Waals surface area contributed by atoms with Gasteiger partial charge in [-0.3, -0.25) is 0 Å². The van der Waals surface area contributed by atoms with Crippen molar-refractivity contribution in [1.82, 2.24) is 14.7 Å². The highest BCUT2D eigenvalue weighted by molar-refractivity contribution is 6.47. The fourth-order valence-corrected chi connectivity index (χ4v) is 5.66. The first-order chi connectivity index (χ1) is 21.7. The molecule has 1 atom stereocenters. The maximum atomic E-state index is 12.8. The van der Waals surface area contributed by atoms with Crippen LogP contribution in [0.2, 0.25) is 5.82 Å². The molecule has 1 aromatic heterocycles. The molecule has 12 heteroatoms. The Hall–Kier alpha value is -4.03. The van der Waals surface area contributed by atoms with Crippen LogP contribution in [0, 0.1) is 0 Å². The van der Waals surface area contributed by atoms with E-state index in [-0.39, 0.29) is 37.2 Å². The molecule has 246 valence electrons. The SMILES string of the molecule is CC(C)(C)OC(=O)N1CCC(B2OC(C)(C)C(C)(CCCOC(=O)c3cc(O)n(-c4ccc(Oc5ccccc5)cc4)n3)O2)CC1. The van der Waals surface area contributed by atoms with Gasteiger partial charge >= 0.3 is 19.2 Å². The zero-order valence-electron chi connectivity index (χ0n) is 27.5. The maximum Gasteiger partial charge on any atom is 0.461 e. The highest BCUT2D eigenvalue weighted by atomic mass is 16.7. The molecule has 2 aromatic carbocycles. The quantitative estimate of drug-likeness (QED) is 0.154. The summed E-state index contributed by atoms with van der Waals surface area (Å²) in [6, 6.07) is 17.7. The summed E-state index contributed by atoms with van der Waals surface area (Å²) in [6.45, 7) is 13.0. The summed E-state index contributed by atoms with van der Waals surface area (Å²) < 4.78 is 31.1. The van der Waals surface area contributed by atoms with Crippen molar-refractivity contribution in [3.63, 3.8) is 0 Å². The predicted octanol–water partition coefficient (Wildman–Crippen LogP) is 6.78. The summed E-state index contributed by atoms with van der Waals surface area (Å²) in [5.41, 5.74) is -1.11. The van der Waals surface area contributed by atoms with Crippen LogP contribution in [0.3, 0.4) is 0 Å². The number of benzene rings is 2. The molecule has 0 spiro atoms. The van der Waals surface area contributed by atoms with E-state index >= 15 is 0 Å². The summed E-state index contributed by atoms with van der Waals surface area (Å²) in [4.78, 5) is 27.0. The van der Waals surface area contributed by atoms with Gasteiger partial charge in [0.1, 0.15) is 17.1 Å². The van der Waals surface area contributed by atoms with Crippen molar-refractivity contribution in [2.24, 2.45) is 0 Å². The van der Waals surface area contributed by atoms with E-state index in [1.807, 2.05) is 71.9 Å². The molecule has 11 nitrogen and oxygen atoms in total. The van der Waals surface area contributed by atoms with Gasteiger partial charge in [-0.25, -0.2) is 14.3 Å². The van der Waals surface area contributed by atoms with E-state index in [4.69, 9.17) is 23.5 Å². The average Bonchev–Trinajstić information content (AvgIpc) is 3.51. The number of aromatic nitrogens is 2. The van der Waals surface area contributed by atoms with Crippen LogP contribution in [0.5, 0.6) is 17.4 Å². The lowest BCUT2D eigenvalue weighted by molar-refractivity contribution is -0.0208. The first-order valence-corrected chi connectivity index (χ1v) is 15.9. The minimum absolute atomic E-state index is 0.00638. The largest absolute Gasteiger partial charge is 0.493 e. The van der Waals surface area contributed by atoms with E-state index in [1.165, 1.54) is 10.7 Å². The van der Waals surface area contributed by atoms with E-state index < -0.39 is 22.8 Å². The van der Waals surface area contributed by atoms with Gasteiger partial charge in [0.2, 0.25) is 5.88 Å². The number of nitrogens with zero attached hydrogens (tertiary/aromatic N) is 3. The molecule has 2 saturated heterocycles. The molecule has 2 aliphatic rings. The zero-order valence-corrected chi connectivity index (χ0v) is 27.5. The number of carbonyl (C=O) groups excluding carboxylic acids is 2. The van der Waals surface area contributed by atoms with Crippen molar-refractivity contribution in [1.29, 1.82) is 0 Å². The van der Waals surface area contributed by atoms with Gasteiger partial charge in [-0.1, -0.05) is 18.2 Å². The fourth-order valence-electron chi connectivity index (χ4n) is 5.66. The van der Waals surface area contributed by atoms with Gasteiger partial charge in [0, 0.05) is 19.2 Å². The third kappa shape index (κ3) is 7.85. The Bertz CT molecular complexity index is 1500. The minimum Gasteiger partial charge on any atom is -0.493 e. The summed E-state index contributed by atoms with van der Waals surface area (Å²) in [5.74, 6) is 0.694. The Morgan fingerprint density at radius 1 is 1.00 bits per heavy atom. The molecule has 3 aromatic rings. The Labute approximate surface area is 270 Å². The van der Waals surface area contributed by atoms with Crippen molar-refractivity contribution in [3.8, 4) is 23.1 Å². The first-order valence-electron chi connectivity index (χ1n) is 15.9. The Morgan fingerprint density at radius 3 is 2.30 bits per heavy atom. The summed E-state index contributed by atoms with van der Waals surface area (Å²) in [6.07, 6.45) is 2.40. The van der Waals surface area contributed by atoms with Crippen molar-refractivity contribution < 1.29 is 38.2 Å². The van der Waals surface area contributed by atoms with Gasteiger partial charge in [0.25, 0.3) is 0 Å². The number of esters is 1. The maximum absolute atomic E-state index is 12.8. The van der Waals surface area contributed by atoms with Gasteiger partial charge in [0.05, 0.1) is 23.5 Å². The lowest BCUT2D eigenvalue weighted by Gasteiger charge is -2.36. The molecule has 0 bridgehead atoms. The van der Waals surface area contributed by atoms with Gasteiger partial charge < -0.3 is 33.5 Å². The third-order valence-electron chi connectivity index (χ3n) is 8.63. The molecule has 1 amide bonds. The number of para-hydroxylation sites is 1.